The third kappa shape index (κ3) is 1.77. The Balaban J connectivity index is 2.88. The molecule has 84 valence electrons. The van der Waals surface area contributed by atoms with Crippen molar-refractivity contribution in [1.29, 1.82) is 0 Å². The molecule has 3 heteroatoms. The lowest BCUT2D eigenvalue weighted by Crippen LogP contribution is -2.15. The number of halogens is 1. The maximum absolute atomic E-state index is 13.8. The van der Waals surface area contributed by atoms with E-state index in [0.29, 0.717) is 11.1 Å². The molecule has 0 saturated heterocycles. The minimum absolute atomic E-state index is 0.272. The summed E-state index contributed by atoms with van der Waals surface area (Å²) in [6, 6.07) is 3.77. The van der Waals surface area contributed by atoms with Crippen LogP contribution in [0.25, 0.3) is 11.0 Å². The van der Waals surface area contributed by atoms with Crippen molar-refractivity contribution in [2.75, 3.05) is 0 Å². The van der Waals surface area contributed by atoms with E-state index in [-0.39, 0.29) is 11.2 Å². The highest BCUT2D eigenvalue weighted by atomic mass is 19.1. The first kappa shape index (κ1) is 11.0. The number of hydrogen-bond donors (Lipinski definition) is 0. The van der Waals surface area contributed by atoms with Gasteiger partial charge in [-0.2, -0.15) is 0 Å². The fourth-order valence-electron chi connectivity index (χ4n) is 1.85. The lowest BCUT2D eigenvalue weighted by Gasteiger charge is -2.21. The van der Waals surface area contributed by atoms with Crippen LogP contribution in [-0.2, 0) is 5.41 Å². The largest absolute Gasteiger partial charge is 0.252 e. The molecule has 0 atom stereocenters. The molecule has 0 spiro atoms. The Kier molecular flexibility index (Phi) is 2.41. The first-order valence-electron chi connectivity index (χ1n) is 5.32. The summed E-state index contributed by atoms with van der Waals surface area (Å²) in [7, 11) is 0. The molecule has 2 rings (SSSR count). The SMILES string of the molecule is Cc1ccc2ncc(F)c(C(C)(C)C)c2n1. The summed E-state index contributed by atoms with van der Waals surface area (Å²) in [5, 5.41) is 0. The van der Waals surface area contributed by atoms with Gasteiger partial charge in [0.15, 0.2) is 0 Å². The molecule has 0 radical (unpaired) electrons. The second-order valence-corrected chi connectivity index (χ2v) is 5.05. The van der Waals surface area contributed by atoms with E-state index in [4.69, 9.17) is 0 Å². The number of aromatic nitrogens is 2. The first-order chi connectivity index (χ1) is 7.39. The number of hydrogen-bond acceptors (Lipinski definition) is 2. The predicted molar refractivity (Wildman–Crippen MR) is 62.9 cm³/mol. The summed E-state index contributed by atoms with van der Waals surface area (Å²) < 4.78 is 13.8. The molecular formula is C13H15FN2. The van der Waals surface area contributed by atoms with E-state index < -0.39 is 0 Å². The van der Waals surface area contributed by atoms with E-state index in [0.717, 1.165) is 11.2 Å². The van der Waals surface area contributed by atoms with E-state index in [1.165, 1.54) is 6.20 Å². The molecule has 0 aliphatic carbocycles. The highest BCUT2D eigenvalue weighted by Crippen LogP contribution is 2.30. The summed E-state index contributed by atoms with van der Waals surface area (Å²) in [6.07, 6.45) is 1.28. The number of aryl methyl sites for hydroxylation is 1. The van der Waals surface area contributed by atoms with E-state index >= 15 is 0 Å². The van der Waals surface area contributed by atoms with Gasteiger partial charge in [0.1, 0.15) is 5.82 Å². The van der Waals surface area contributed by atoms with Crippen LogP contribution in [0.2, 0.25) is 0 Å². The van der Waals surface area contributed by atoms with Crippen LogP contribution >= 0.6 is 0 Å². The maximum Gasteiger partial charge on any atom is 0.147 e. The molecule has 2 aromatic heterocycles. The Morgan fingerprint density at radius 1 is 1.19 bits per heavy atom. The Bertz CT molecular complexity index is 536. The third-order valence-electron chi connectivity index (χ3n) is 2.56. The van der Waals surface area contributed by atoms with E-state index in [1.807, 2.05) is 39.8 Å². The van der Waals surface area contributed by atoms with Crippen molar-refractivity contribution >= 4 is 11.0 Å². The molecule has 0 fully saturated rings. The van der Waals surface area contributed by atoms with E-state index in [9.17, 15) is 4.39 Å². The van der Waals surface area contributed by atoms with Crippen LogP contribution in [0.4, 0.5) is 4.39 Å². The molecule has 0 amide bonds. The maximum atomic E-state index is 13.8. The van der Waals surface area contributed by atoms with Gasteiger partial charge in [-0.1, -0.05) is 20.8 Å². The van der Waals surface area contributed by atoms with Crippen LogP contribution in [-0.4, -0.2) is 9.97 Å². The molecule has 2 nitrogen and oxygen atoms in total. The molecule has 16 heavy (non-hydrogen) atoms. The monoisotopic (exact) mass is 218 g/mol. The quantitative estimate of drug-likeness (QED) is 0.677. The van der Waals surface area contributed by atoms with Gasteiger partial charge in [-0.15, -0.1) is 0 Å². The van der Waals surface area contributed by atoms with Gasteiger partial charge in [-0.3, -0.25) is 9.97 Å². The molecule has 0 N–H and O–H groups in total. The topological polar surface area (TPSA) is 25.8 Å². The number of rotatable bonds is 0. The molecule has 0 saturated carbocycles. The van der Waals surface area contributed by atoms with Crippen LogP contribution in [0.1, 0.15) is 32.0 Å². The summed E-state index contributed by atoms with van der Waals surface area (Å²) in [6.45, 7) is 7.84. The van der Waals surface area contributed by atoms with Gasteiger partial charge in [0.25, 0.3) is 0 Å². The Morgan fingerprint density at radius 2 is 1.88 bits per heavy atom. The summed E-state index contributed by atoms with van der Waals surface area (Å²) in [4.78, 5) is 8.46. The van der Waals surface area contributed by atoms with E-state index in [1.54, 1.807) is 0 Å². The van der Waals surface area contributed by atoms with Gasteiger partial charge >= 0.3 is 0 Å². The summed E-state index contributed by atoms with van der Waals surface area (Å²) in [5.41, 5.74) is 2.67. The lowest BCUT2D eigenvalue weighted by molar-refractivity contribution is 0.524. The fraction of sp³-hybridized carbons (Fsp3) is 0.385. The molecule has 0 aliphatic heterocycles. The standard InChI is InChI=1S/C13H15FN2/c1-8-5-6-10-12(16-8)11(13(2,3)4)9(14)7-15-10/h5-7H,1-4H3. The molecule has 0 aliphatic rings. The highest BCUT2D eigenvalue weighted by molar-refractivity contribution is 5.79. The van der Waals surface area contributed by atoms with Crippen molar-refractivity contribution in [2.24, 2.45) is 0 Å². The number of fused-ring (bicyclic) bond motifs is 1. The molecule has 0 bridgehead atoms. The normalized spacial score (nSPS) is 12.1. The molecule has 0 aromatic carbocycles. The van der Waals surface area contributed by atoms with Crippen molar-refractivity contribution < 1.29 is 4.39 Å². The van der Waals surface area contributed by atoms with Gasteiger partial charge < -0.3 is 0 Å². The molecule has 2 aromatic rings. The van der Waals surface area contributed by atoms with Crippen LogP contribution in [0.5, 0.6) is 0 Å². The van der Waals surface area contributed by atoms with Crippen LogP contribution in [0.15, 0.2) is 18.3 Å². The first-order valence-corrected chi connectivity index (χ1v) is 5.32. The average Bonchev–Trinajstić information content (AvgIpc) is 2.14. The minimum Gasteiger partial charge on any atom is -0.252 e. The second kappa shape index (κ2) is 3.51. The lowest BCUT2D eigenvalue weighted by atomic mass is 9.86. The van der Waals surface area contributed by atoms with Crippen LogP contribution in [0.3, 0.4) is 0 Å². The zero-order valence-corrected chi connectivity index (χ0v) is 10.0. The van der Waals surface area contributed by atoms with Gasteiger partial charge in [0.2, 0.25) is 0 Å². The minimum atomic E-state index is -0.280. The van der Waals surface area contributed by atoms with Crippen molar-refractivity contribution in [1.82, 2.24) is 9.97 Å². The van der Waals surface area contributed by atoms with E-state index in [2.05, 4.69) is 9.97 Å². The molecule has 2 heterocycles. The van der Waals surface area contributed by atoms with Crippen molar-refractivity contribution in [3.05, 3.63) is 35.4 Å². The fourth-order valence-corrected chi connectivity index (χ4v) is 1.85. The Labute approximate surface area is 94.5 Å². The van der Waals surface area contributed by atoms with Gasteiger partial charge in [-0.25, -0.2) is 4.39 Å². The third-order valence-corrected chi connectivity index (χ3v) is 2.56. The predicted octanol–water partition coefficient (Wildman–Crippen LogP) is 3.37. The zero-order valence-electron chi connectivity index (χ0n) is 10.0. The zero-order chi connectivity index (χ0) is 11.9. The number of nitrogens with zero attached hydrogens (tertiary/aromatic N) is 2. The molecule has 0 unspecified atom stereocenters. The van der Waals surface area contributed by atoms with Crippen LogP contribution in [0, 0.1) is 12.7 Å². The smallest absolute Gasteiger partial charge is 0.147 e. The highest BCUT2D eigenvalue weighted by Gasteiger charge is 2.22. The average molecular weight is 218 g/mol. The van der Waals surface area contributed by atoms with Crippen LogP contribution < -0.4 is 0 Å². The van der Waals surface area contributed by atoms with Crippen molar-refractivity contribution in [3.63, 3.8) is 0 Å². The molecular weight excluding hydrogens is 203 g/mol. The van der Waals surface area contributed by atoms with Crippen molar-refractivity contribution in [2.45, 2.75) is 33.1 Å². The second-order valence-electron chi connectivity index (χ2n) is 5.05. The van der Waals surface area contributed by atoms with Gasteiger partial charge in [-0.05, 0) is 24.5 Å². The number of pyridine rings is 2. The summed E-state index contributed by atoms with van der Waals surface area (Å²) in [5.74, 6) is -0.280. The summed E-state index contributed by atoms with van der Waals surface area (Å²) >= 11 is 0. The van der Waals surface area contributed by atoms with Crippen molar-refractivity contribution in [3.8, 4) is 0 Å². The Hall–Kier alpha value is -1.51. The van der Waals surface area contributed by atoms with Gasteiger partial charge in [0, 0.05) is 11.3 Å². The Morgan fingerprint density at radius 3 is 2.50 bits per heavy atom. The van der Waals surface area contributed by atoms with Gasteiger partial charge in [0.05, 0.1) is 17.2 Å².